The van der Waals surface area contributed by atoms with Gasteiger partial charge in [0.25, 0.3) is 0 Å². The van der Waals surface area contributed by atoms with E-state index in [2.05, 4.69) is 69.4 Å². The number of rotatable bonds is 67. The SMILES string of the molecule is CC/C=C\C/C=C\C/C=C\CCCCCCCCCC(=O)OC(COC(=O)CCCCCCC/C=C\CCCCCC)COC(=O)CCCCCCCCCCCCCCCCCCCCCCCCCCCCCCCCCCC. The first kappa shape index (κ1) is 78.4. The summed E-state index contributed by atoms with van der Waals surface area (Å²) in [6, 6.07) is 0. The Morgan fingerprint density at radius 2 is 0.481 bits per heavy atom. The summed E-state index contributed by atoms with van der Waals surface area (Å²) in [5.41, 5.74) is 0. The first-order valence-electron chi connectivity index (χ1n) is 36.1. The highest BCUT2D eigenvalue weighted by Crippen LogP contribution is 2.19. The van der Waals surface area contributed by atoms with Crippen molar-refractivity contribution in [2.45, 2.75) is 399 Å². The van der Waals surface area contributed by atoms with Crippen LogP contribution in [0.3, 0.4) is 0 Å². The molecular formula is C75H138O6. The van der Waals surface area contributed by atoms with E-state index in [0.717, 1.165) is 89.9 Å². The molecule has 0 N–H and O–H groups in total. The van der Waals surface area contributed by atoms with Gasteiger partial charge in [-0.25, -0.2) is 0 Å². The quantitative estimate of drug-likeness (QED) is 0.0261. The van der Waals surface area contributed by atoms with Crippen LogP contribution >= 0.6 is 0 Å². The molecule has 0 spiro atoms. The number of esters is 3. The fraction of sp³-hybridized carbons (Fsp3) is 0.853. The average molecular weight is 1140 g/mol. The molecule has 0 aliphatic carbocycles. The summed E-state index contributed by atoms with van der Waals surface area (Å²) >= 11 is 0. The van der Waals surface area contributed by atoms with Crippen LogP contribution in [0.2, 0.25) is 0 Å². The zero-order valence-electron chi connectivity index (χ0n) is 54.6. The second kappa shape index (κ2) is 69.9. The molecule has 0 saturated carbocycles. The molecule has 474 valence electrons. The number of carbonyl (C=O) groups excluding carboxylic acids is 3. The minimum Gasteiger partial charge on any atom is -0.462 e. The van der Waals surface area contributed by atoms with Crippen molar-refractivity contribution in [1.29, 1.82) is 0 Å². The van der Waals surface area contributed by atoms with E-state index in [0.29, 0.717) is 19.3 Å². The van der Waals surface area contributed by atoms with Gasteiger partial charge in [-0.15, -0.1) is 0 Å². The average Bonchev–Trinajstić information content (AvgIpc) is 3.46. The summed E-state index contributed by atoms with van der Waals surface area (Å²) in [4.78, 5) is 38.4. The fourth-order valence-electron chi connectivity index (χ4n) is 10.9. The van der Waals surface area contributed by atoms with Gasteiger partial charge in [-0.3, -0.25) is 14.4 Å². The molecule has 0 aromatic rings. The highest BCUT2D eigenvalue weighted by molar-refractivity contribution is 5.71. The van der Waals surface area contributed by atoms with Crippen LogP contribution in [0.4, 0.5) is 0 Å². The Bertz CT molecular complexity index is 1400. The smallest absolute Gasteiger partial charge is 0.306 e. The number of hydrogen-bond acceptors (Lipinski definition) is 6. The third-order valence-electron chi connectivity index (χ3n) is 16.3. The van der Waals surface area contributed by atoms with Crippen LogP contribution in [0.5, 0.6) is 0 Å². The Morgan fingerprint density at radius 1 is 0.259 bits per heavy atom. The molecule has 0 heterocycles. The van der Waals surface area contributed by atoms with Crippen molar-refractivity contribution in [2.24, 2.45) is 0 Å². The predicted octanol–water partition coefficient (Wildman–Crippen LogP) is 24.9. The lowest BCUT2D eigenvalue weighted by molar-refractivity contribution is -0.167. The molecule has 0 radical (unpaired) electrons. The molecule has 0 bridgehead atoms. The summed E-state index contributed by atoms with van der Waals surface area (Å²) in [7, 11) is 0. The maximum atomic E-state index is 12.9. The molecule has 81 heavy (non-hydrogen) atoms. The molecule has 0 aliphatic heterocycles. The Hall–Kier alpha value is -2.63. The van der Waals surface area contributed by atoms with Crippen LogP contribution in [0.1, 0.15) is 393 Å². The zero-order valence-corrected chi connectivity index (χ0v) is 54.6. The van der Waals surface area contributed by atoms with Crippen molar-refractivity contribution in [3.05, 3.63) is 48.6 Å². The van der Waals surface area contributed by atoms with E-state index in [4.69, 9.17) is 14.2 Å². The molecule has 0 rings (SSSR count). The molecule has 0 aromatic carbocycles. The lowest BCUT2D eigenvalue weighted by Gasteiger charge is -2.18. The Morgan fingerprint density at radius 3 is 0.778 bits per heavy atom. The number of unbranched alkanes of at least 4 members (excludes halogenated alkanes) is 48. The minimum atomic E-state index is -0.781. The van der Waals surface area contributed by atoms with Crippen molar-refractivity contribution in [1.82, 2.24) is 0 Å². The van der Waals surface area contributed by atoms with E-state index in [9.17, 15) is 14.4 Å². The standard InChI is InChI=1S/C75H138O6/c1-4-7-10-13-16-19-22-25-27-29-30-31-32-33-34-35-36-37-38-39-40-41-42-43-44-46-47-50-53-56-59-62-65-68-74(77)80-71-72(70-79-73(76)67-64-61-58-55-52-49-24-21-18-15-12-9-6-3)81-75(78)69-66-63-60-57-54-51-48-45-28-26-23-20-17-14-11-8-5-2/h8,11,17,20-21,24,26,28,72H,4-7,9-10,12-16,18-19,22-23,25,27,29-71H2,1-3H3/b11-8-,20-17-,24-21-,28-26-. The molecule has 0 fully saturated rings. The van der Waals surface area contributed by atoms with Crippen molar-refractivity contribution in [3.63, 3.8) is 0 Å². The number of allylic oxidation sites excluding steroid dienone is 8. The molecule has 0 saturated heterocycles. The van der Waals surface area contributed by atoms with Gasteiger partial charge < -0.3 is 14.2 Å². The molecule has 0 aliphatic rings. The van der Waals surface area contributed by atoms with Gasteiger partial charge in [0, 0.05) is 19.3 Å². The Kier molecular flexibility index (Phi) is 67.6. The molecule has 6 nitrogen and oxygen atoms in total. The van der Waals surface area contributed by atoms with Crippen LogP contribution in [-0.2, 0) is 28.6 Å². The summed E-state index contributed by atoms with van der Waals surface area (Å²) in [5, 5.41) is 0. The molecular weight excluding hydrogens is 997 g/mol. The lowest BCUT2D eigenvalue weighted by atomic mass is 10.0. The Balaban J connectivity index is 4.10. The van der Waals surface area contributed by atoms with E-state index >= 15 is 0 Å². The van der Waals surface area contributed by atoms with Gasteiger partial charge in [0.05, 0.1) is 0 Å². The van der Waals surface area contributed by atoms with Crippen molar-refractivity contribution >= 4 is 17.9 Å². The highest BCUT2D eigenvalue weighted by atomic mass is 16.6. The second-order valence-electron chi connectivity index (χ2n) is 24.5. The monoisotopic (exact) mass is 1140 g/mol. The first-order chi connectivity index (χ1) is 40.0. The van der Waals surface area contributed by atoms with Crippen molar-refractivity contribution < 1.29 is 28.6 Å². The van der Waals surface area contributed by atoms with E-state index in [1.165, 1.54) is 263 Å². The van der Waals surface area contributed by atoms with E-state index < -0.39 is 6.10 Å². The number of ether oxygens (including phenoxy) is 3. The van der Waals surface area contributed by atoms with Gasteiger partial charge in [0.2, 0.25) is 0 Å². The van der Waals surface area contributed by atoms with E-state index in [1.807, 2.05) is 0 Å². The molecule has 0 amide bonds. The van der Waals surface area contributed by atoms with Crippen LogP contribution in [0.25, 0.3) is 0 Å². The van der Waals surface area contributed by atoms with Crippen LogP contribution in [-0.4, -0.2) is 37.2 Å². The largest absolute Gasteiger partial charge is 0.462 e. The first-order valence-corrected chi connectivity index (χ1v) is 36.1. The van der Waals surface area contributed by atoms with Gasteiger partial charge in [-0.1, -0.05) is 345 Å². The lowest BCUT2D eigenvalue weighted by Crippen LogP contribution is -2.30. The summed E-state index contributed by atoms with van der Waals surface area (Å²) in [6.45, 7) is 6.56. The molecule has 1 unspecified atom stereocenters. The van der Waals surface area contributed by atoms with E-state index in [1.54, 1.807) is 0 Å². The summed E-state index contributed by atoms with van der Waals surface area (Å²) < 4.78 is 17.0. The van der Waals surface area contributed by atoms with Crippen molar-refractivity contribution in [2.75, 3.05) is 13.2 Å². The van der Waals surface area contributed by atoms with Crippen LogP contribution < -0.4 is 0 Å². The normalized spacial score (nSPS) is 12.3. The third-order valence-corrected chi connectivity index (χ3v) is 16.3. The zero-order chi connectivity index (χ0) is 58.5. The summed E-state index contributed by atoms with van der Waals surface area (Å²) in [6.07, 6.45) is 88.8. The Labute approximate surface area is 505 Å². The molecule has 0 aromatic heterocycles. The van der Waals surface area contributed by atoms with E-state index in [-0.39, 0.29) is 31.1 Å². The van der Waals surface area contributed by atoms with Crippen LogP contribution in [0, 0.1) is 0 Å². The minimum absolute atomic E-state index is 0.0762. The number of hydrogen-bond donors (Lipinski definition) is 0. The second-order valence-corrected chi connectivity index (χ2v) is 24.5. The molecule has 6 heteroatoms. The summed E-state index contributed by atoms with van der Waals surface area (Å²) in [5.74, 6) is -0.872. The van der Waals surface area contributed by atoms with Crippen LogP contribution in [0.15, 0.2) is 48.6 Å². The van der Waals surface area contributed by atoms with Gasteiger partial charge in [-0.05, 0) is 77.0 Å². The van der Waals surface area contributed by atoms with Crippen molar-refractivity contribution in [3.8, 4) is 0 Å². The molecule has 1 atom stereocenters. The van der Waals surface area contributed by atoms with Gasteiger partial charge in [-0.2, -0.15) is 0 Å². The highest BCUT2D eigenvalue weighted by Gasteiger charge is 2.19. The topological polar surface area (TPSA) is 78.9 Å². The van der Waals surface area contributed by atoms with Gasteiger partial charge in [0.1, 0.15) is 13.2 Å². The maximum Gasteiger partial charge on any atom is 0.306 e. The fourth-order valence-corrected chi connectivity index (χ4v) is 10.9. The van der Waals surface area contributed by atoms with Gasteiger partial charge >= 0.3 is 17.9 Å². The predicted molar refractivity (Wildman–Crippen MR) is 353 cm³/mol. The van der Waals surface area contributed by atoms with Gasteiger partial charge in [0.15, 0.2) is 6.10 Å². The number of carbonyl (C=O) groups is 3. The third kappa shape index (κ3) is 68.0. The maximum absolute atomic E-state index is 12.9.